The average molecular weight is 314 g/mol. The fraction of sp³-hybridized carbons (Fsp3) is 0.562. The molecule has 0 unspecified atom stereocenters. The number of nitrogens with zero attached hydrogens (tertiary/aromatic N) is 1. The maximum absolute atomic E-state index is 12.8. The first-order valence-electron chi connectivity index (χ1n) is 7.18. The largest absolute Gasteiger partial charge is 0.342 e. The van der Waals surface area contributed by atoms with E-state index >= 15 is 0 Å². The number of carbonyl (C=O) groups is 1. The first-order chi connectivity index (χ1) is 9.43. The Balaban J connectivity index is 2.23. The normalized spacial score (nSPS) is 16.9. The van der Waals surface area contributed by atoms with E-state index < -0.39 is 5.41 Å². The number of benzene rings is 1. The van der Waals surface area contributed by atoms with Crippen molar-refractivity contribution in [2.45, 2.75) is 44.9 Å². The Morgan fingerprint density at radius 2 is 1.65 bits per heavy atom. The molecule has 110 valence electrons. The van der Waals surface area contributed by atoms with Crippen LogP contribution in [0.5, 0.6) is 0 Å². The molecule has 1 aliphatic heterocycles. The van der Waals surface area contributed by atoms with Crippen molar-refractivity contribution in [1.82, 2.24) is 4.90 Å². The summed E-state index contributed by atoms with van der Waals surface area (Å²) in [5.74, 6) is 0.179. The molecule has 0 N–H and O–H groups in total. The van der Waals surface area contributed by atoms with Crippen molar-refractivity contribution in [3.8, 4) is 0 Å². The lowest BCUT2D eigenvalue weighted by Crippen LogP contribution is -2.43. The molecule has 1 fully saturated rings. The van der Waals surface area contributed by atoms with Gasteiger partial charge in [-0.2, -0.15) is 0 Å². The standard InChI is InChI=1S/C16H21Cl2NO/c1-16(2,12-7-8-13(17)14(18)11-12)15(20)19-9-5-3-4-6-10-19/h7-8,11H,3-6,9-10H2,1-2H3. The second kappa shape index (κ2) is 6.36. The number of rotatable bonds is 2. The van der Waals surface area contributed by atoms with E-state index in [2.05, 4.69) is 0 Å². The Kier molecular flexibility index (Phi) is 4.98. The average Bonchev–Trinajstić information content (AvgIpc) is 2.69. The van der Waals surface area contributed by atoms with E-state index in [0.29, 0.717) is 10.0 Å². The van der Waals surface area contributed by atoms with Crippen LogP contribution in [-0.4, -0.2) is 23.9 Å². The van der Waals surface area contributed by atoms with Crippen LogP contribution in [0.3, 0.4) is 0 Å². The number of likely N-dealkylation sites (tertiary alicyclic amines) is 1. The highest BCUT2D eigenvalue weighted by Crippen LogP contribution is 2.31. The van der Waals surface area contributed by atoms with E-state index in [9.17, 15) is 4.79 Å². The summed E-state index contributed by atoms with van der Waals surface area (Å²) in [6, 6.07) is 5.46. The van der Waals surface area contributed by atoms with Gasteiger partial charge in [0.2, 0.25) is 5.91 Å². The Hall–Kier alpha value is -0.730. The molecule has 4 heteroatoms. The Bertz CT molecular complexity index is 491. The number of halogens is 2. The zero-order valence-electron chi connectivity index (χ0n) is 12.1. The molecule has 1 saturated heterocycles. The molecule has 0 saturated carbocycles. The van der Waals surface area contributed by atoms with Gasteiger partial charge in [-0.15, -0.1) is 0 Å². The van der Waals surface area contributed by atoms with Crippen LogP contribution in [0.4, 0.5) is 0 Å². The minimum atomic E-state index is -0.571. The second-order valence-corrected chi connectivity index (χ2v) is 6.77. The summed E-state index contributed by atoms with van der Waals surface area (Å²) < 4.78 is 0. The van der Waals surface area contributed by atoms with Crippen molar-refractivity contribution in [2.75, 3.05) is 13.1 Å². The fourth-order valence-corrected chi connectivity index (χ4v) is 2.98. The predicted octanol–water partition coefficient (Wildman–Crippen LogP) is 4.67. The van der Waals surface area contributed by atoms with Crippen molar-refractivity contribution in [3.05, 3.63) is 33.8 Å². The van der Waals surface area contributed by atoms with Crippen molar-refractivity contribution in [2.24, 2.45) is 0 Å². The van der Waals surface area contributed by atoms with Crippen LogP contribution >= 0.6 is 23.2 Å². The number of amides is 1. The molecule has 20 heavy (non-hydrogen) atoms. The first kappa shape index (κ1) is 15.7. The minimum absolute atomic E-state index is 0.179. The minimum Gasteiger partial charge on any atom is -0.342 e. The summed E-state index contributed by atoms with van der Waals surface area (Å²) in [4.78, 5) is 14.8. The number of carbonyl (C=O) groups excluding carboxylic acids is 1. The van der Waals surface area contributed by atoms with Crippen molar-refractivity contribution < 1.29 is 4.79 Å². The Morgan fingerprint density at radius 1 is 1.05 bits per heavy atom. The van der Waals surface area contributed by atoms with E-state index in [0.717, 1.165) is 31.5 Å². The van der Waals surface area contributed by atoms with Crippen LogP contribution in [0.25, 0.3) is 0 Å². The highest BCUT2D eigenvalue weighted by atomic mass is 35.5. The van der Waals surface area contributed by atoms with Gasteiger partial charge in [0.25, 0.3) is 0 Å². The molecule has 1 amide bonds. The van der Waals surface area contributed by atoms with E-state index in [1.54, 1.807) is 12.1 Å². The molecule has 1 aliphatic rings. The first-order valence-corrected chi connectivity index (χ1v) is 7.93. The monoisotopic (exact) mass is 313 g/mol. The van der Waals surface area contributed by atoms with Crippen molar-refractivity contribution in [1.29, 1.82) is 0 Å². The van der Waals surface area contributed by atoms with E-state index in [1.165, 1.54) is 12.8 Å². The van der Waals surface area contributed by atoms with Gasteiger partial charge in [0.15, 0.2) is 0 Å². The topological polar surface area (TPSA) is 20.3 Å². The second-order valence-electron chi connectivity index (χ2n) is 5.96. The Labute approximate surface area is 131 Å². The summed E-state index contributed by atoms with van der Waals surface area (Å²) in [6.07, 6.45) is 4.64. The Morgan fingerprint density at radius 3 is 2.20 bits per heavy atom. The van der Waals surface area contributed by atoms with Gasteiger partial charge in [-0.3, -0.25) is 4.79 Å². The van der Waals surface area contributed by atoms with Crippen LogP contribution in [-0.2, 0) is 10.2 Å². The molecule has 2 nitrogen and oxygen atoms in total. The molecule has 0 spiro atoms. The number of hydrogen-bond donors (Lipinski definition) is 0. The molecule has 1 aromatic carbocycles. The molecule has 1 heterocycles. The van der Waals surface area contributed by atoms with Gasteiger partial charge >= 0.3 is 0 Å². The highest BCUT2D eigenvalue weighted by Gasteiger charge is 2.34. The van der Waals surface area contributed by atoms with E-state index in [1.807, 2.05) is 24.8 Å². The number of hydrogen-bond acceptors (Lipinski definition) is 1. The molecule has 0 bridgehead atoms. The van der Waals surface area contributed by atoms with Gasteiger partial charge in [-0.05, 0) is 44.4 Å². The van der Waals surface area contributed by atoms with E-state index in [-0.39, 0.29) is 5.91 Å². The molecule has 1 aromatic rings. The SMILES string of the molecule is CC(C)(C(=O)N1CCCCCC1)c1ccc(Cl)c(Cl)c1. The molecule has 0 aliphatic carbocycles. The molecular weight excluding hydrogens is 293 g/mol. The molecule has 0 aromatic heterocycles. The predicted molar refractivity (Wildman–Crippen MR) is 84.5 cm³/mol. The van der Waals surface area contributed by atoms with Crippen LogP contribution in [0.2, 0.25) is 10.0 Å². The summed E-state index contributed by atoms with van der Waals surface area (Å²) in [5.41, 5.74) is 0.347. The third-order valence-corrected chi connectivity index (χ3v) is 4.81. The van der Waals surface area contributed by atoms with Gasteiger partial charge in [0.05, 0.1) is 15.5 Å². The smallest absolute Gasteiger partial charge is 0.232 e. The lowest BCUT2D eigenvalue weighted by Gasteiger charge is -2.32. The third kappa shape index (κ3) is 3.29. The van der Waals surface area contributed by atoms with Gasteiger partial charge in [0, 0.05) is 13.1 Å². The van der Waals surface area contributed by atoms with Gasteiger partial charge in [-0.1, -0.05) is 42.1 Å². The van der Waals surface area contributed by atoms with Crippen LogP contribution in [0, 0.1) is 0 Å². The lowest BCUT2D eigenvalue weighted by atomic mass is 9.83. The molecular formula is C16H21Cl2NO. The summed E-state index contributed by atoms with van der Waals surface area (Å²) in [5, 5.41) is 1.02. The van der Waals surface area contributed by atoms with Crippen LogP contribution in [0.15, 0.2) is 18.2 Å². The maximum atomic E-state index is 12.8. The van der Waals surface area contributed by atoms with Gasteiger partial charge < -0.3 is 4.90 Å². The summed E-state index contributed by atoms with van der Waals surface area (Å²) >= 11 is 12.0. The lowest BCUT2D eigenvalue weighted by molar-refractivity contribution is -0.136. The van der Waals surface area contributed by atoms with Gasteiger partial charge in [0.1, 0.15) is 0 Å². The zero-order chi connectivity index (χ0) is 14.8. The fourth-order valence-electron chi connectivity index (χ4n) is 2.68. The van der Waals surface area contributed by atoms with Crippen LogP contribution in [0.1, 0.15) is 45.1 Å². The van der Waals surface area contributed by atoms with Crippen molar-refractivity contribution in [3.63, 3.8) is 0 Å². The molecule has 0 radical (unpaired) electrons. The maximum Gasteiger partial charge on any atom is 0.232 e. The summed E-state index contributed by atoms with van der Waals surface area (Å²) in [7, 11) is 0. The van der Waals surface area contributed by atoms with E-state index in [4.69, 9.17) is 23.2 Å². The van der Waals surface area contributed by atoms with Crippen LogP contribution < -0.4 is 0 Å². The zero-order valence-corrected chi connectivity index (χ0v) is 13.6. The quantitative estimate of drug-likeness (QED) is 0.776. The van der Waals surface area contributed by atoms with Gasteiger partial charge in [-0.25, -0.2) is 0 Å². The highest BCUT2D eigenvalue weighted by molar-refractivity contribution is 6.42. The molecule has 2 rings (SSSR count). The summed E-state index contributed by atoms with van der Waals surface area (Å²) in [6.45, 7) is 5.65. The van der Waals surface area contributed by atoms with Crippen molar-refractivity contribution >= 4 is 29.1 Å². The molecule has 0 atom stereocenters. The third-order valence-electron chi connectivity index (χ3n) is 4.07.